The van der Waals surface area contributed by atoms with Crippen LogP contribution in [0, 0.1) is 6.92 Å². The molecule has 0 bridgehead atoms. The van der Waals surface area contributed by atoms with E-state index < -0.39 is 0 Å². The summed E-state index contributed by atoms with van der Waals surface area (Å²) in [6.45, 7) is 7.06. The largest absolute Gasteiger partial charge is 0.312 e. The Kier molecular flexibility index (Phi) is 4.53. The average Bonchev–Trinajstić information content (AvgIpc) is 2.83. The highest BCUT2D eigenvalue weighted by atomic mass is 15.3. The highest BCUT2D eigenvalue weighted by Gasteiger charge is 1.97. The fourth-order valence-corrected chi connectivity index (χ4v) is 2.00. The van der Waals surface area contributed by atoms with Crippen molar-refractivity contribution in [3.63, 3.8) is 0 Å². The minimum atomic E-state index is 0.895. The van der Waals surface area contributed by atoms with Gasteiger partial charge in [-0.05, 0) is 32.4 Å². The third-order valence-electron chi connectivity index (χ3n) is 3.01. The number of benzene rings is 1. The minimum absolute atomic E-state index is 0.895. The zero-order valence-electron chi connectivity index (χ0n) is 11.2. The molecule has 2 rings (SSSR count). The minimum Gasteiger partial charge on any atom is -0.312 e. The predicted molar refractivity (Wildman–Crippen MR) is 74.5 cm³/mol. The number of nitrogens with one attached hydrogen (secondary N) is 1. The van der Waals surface area contributed by atoms with Crippen LogP contribution in [-0.4, -0.2) is 16.3 Å². The summed E-state index contributed by atoms with van der Waals surface area (Å²) in [7, 11) is 0. The Morgan fingerprint density at radius 2 is 2.17 bits per heavy atom. The third kappa shape index (κ3) is 3.70. The maximum Gasteiger partial charge on any atom is 0.0534 e. The third-order valence-corrected chi connectivity index (χ3v) is 3.01. The van der Waals surface area contributed by atoms with Crippen molar-refractivity contribution < 1.29 is 0 Å². The Balaban J connectivity index is 1.72. The topological polar surface area (TPSA) is 29.9 Å². The second kappa shape index (κ2) is 6.36. The molecule has 0 fully saturated rings. The first-order chi connectivity index (χ1) is 8.78. The van der Waals surface area contributed by atoms with Gasteiger partial charge in [0.15, 0.2) is 0 Å². The molecule has 1 N–H and O–H groups in total. The Morgan fingerprint density at radius 1 is 1.28 bits per heavy atom. The molecule has 18 heavy (non-hydrogen) atoms. The van der Waals surface area contributed by atoms with E-state index in [9.17, 15) is 0 Å². The number of aryl methyl sites for hydroxylation is 2. The summed E-state index contributed by atoms with van der Waals surface area (Å²) in [5.74, 6) is 0. The van der Waals surface area contributed by atoms with Gasteiger partial charge in [0.05, 0.1) is 6.20 Å². The van der Waals surface area contributed by atoms with Crippen molar-refractivity contribution in [2.75, 3.05) is 6.54 Å². The quantitative estimate of drug-likeness (QED) is 0.790. The summed E-state index contributed by atoms with van der Waals surface area (Å²) in [5.41, 5.74) is 3.98. The monoisotopic (exact) mass is 243 g/mol. The Morgan fingerprint density at radius 3 is 2.89 bits per heavy atom. The van der Waals surface area contributed by atoms with Crippen LogP contribution in [0.4, 0.5) is 0 Å². The van der Waals surface area contributed by atoms with Gasteiger partial charge in [0.2, 0.25) is 0 Å². The van der Waals surface area contributed by atoms with Crippen molar-refractivity contribution in [3.8, 4) is 0 Å². The summed E-state index contributed by atoms with van der Waals surface area (Å²) in [6.07, 6.45) is 5.10. The van der Waals surface area contributed by atoms with E-state index in [0.29, 0.717) is 0 Å². The van der Waals surface area contributed by atoms with E-state index >= 15 is 0 Å². The van der Waals surface area contributed by atoms with Crippen molar-refractivity contribution >= 4 is 0 Å². The van der Waals surface area contributed by atoms with E-state index in [1.807, 2.05) is 10.9 Å². The smallest absolute Gasteiger partial charge is 0.0534 e. The molecule has 0 amide bonds. The SMILES string of the molecule is CCn1cc(CNCCc2cccc(C)c2)cn1. The normalized spacial score (nSPS) is 10.8. The molecular formula is C15H21N3. The van der Waals surface area contributed by atoms with Gasteiger partial charge < -0.3 is 5.32 Å². The number of hydrogen-bond acceptors (Lipinski definition) is 2. The fourth-order valence-electron chi connectivity index (χ4n) is 2.00. The Bertz CT molecular complexity index is 488. The first-order valence-electron chi connectivity index (χ1n) is 6.55. The van der Waals surface area contributed by atoms with Gasteiger partial charge in [-0.3, -0.25) is 4.68 Å². The van der Waals surface area contributed by atoms with Gasteiger partial charge in [-0.25, -0.2) is 0 Å². The first kappa shape index (κ1) is 12.8. The highest BCUT2D eigenvalue weighted by molar-refractivity contribution is 5.22. The maximum absolute atomic E-state index is 4.26. The lowest BCUT2D eigenvalue weighted by Crippen LogP contribution is -2.16. The van der Waals surface area contributed by atoms with Crippen molar-refractivity contribution in [3.05, 3.63) is 53.3 Å². The lowest BCUT2D eigenvalue weighted by atomic mass is 10.1. The second-order valence-electron chi connectivity index (χ2n) is 4.62. The summed E-state index contributed by atoms with van der Waals surface area (Å²) >= 11 is 0. The summed E-state index contributed by atoms with van der Waals surface area (Å²) in [6, 6.07) is 8.69. The Hall–Kier alpha value is -1.61. The number of hydrogen-bond donors (Lipinski definition) is 1. The Labute approximate surface area is 109 Å². The molecule has 0 atom stereocenters. The van der Waals surface area contributed by atoms with Crippen LogP contribution in [0.1, 0.15) is 23.6 Å². The number of rotatable bonds is 6. The lowest BCUT2D eigenvalue weighted by molar-refractivity contribution is 0.655. The van der Waals surface area contributed by atoms with Gasteiger partial charge in [0.1, 0.15) is 0 Å². The first-order valence-corrected chi connectivity index (χ1v) is 6.55. The van der Waals surface area contributed by atoms with Crippen molar-refractivity contribution in [1.29, 1.82) is 0 Å². The molecule has 3 nitrogen and oxygen atoms in total. The summed E-state index contributed by atoms with van der Waals surface area (Å²) < 4.78 is 1.96. The zero-order chi connectivity index (χ0) is 12.8. The molecule has 1 heterocycles. The number of nitrogens with zero attached hydrogens (tertiary/aromatic N) is 2. The molecule has 0 saturated heterocycles. The van der Waals surface area contributed by atoms with Crippen molar-refractivity contribution in [2.24, 2.45) is 0 Å². The van der Waals surface area contributed by atoms with Gasteiger partial charge in [-0.1, -0.05) is 29.8 Å². The standard InChI is InChI=1S/C15H21N3/c1-3-18-12-15(11-17-18)10-16-8-7-14-6-4-5-13(2)9-14/h4-6,9,11-12,16H,3,7-8,10H2,1-2H3. The average molecular weight is 243 g/mol. The predicted octanol–water partition coefficient (Wildman–Crippen LogP) is 2.54. The van der Waals surface area contributed by atoms with Crippen molar-refractivity contribution in [2.45, 2.75) is 33.4 Å². The van der Waals surface area contributed by atoms with E-state index in [1.165, 1.54) is 16.7 Å². The molecule has 0 aliphatic heterocycles. The summed E-state index contributed by atoms with van der Waals surface area (Å²) in [5, 5.41) is 7.71. The van der Waals surface area contributed by atoms with Crippen LogP contribution >= 0.6 is 0 Å². The highest BCUT2D eigenvalue weighted by Crippen LogP contribution is 2.04. The van der Waals surface area contributed by atoms with Crippen LogP contribution in [0.2, 0.25) is 0 Å². The molecule has 0 aliphatic carbocycles. The van der Waals surface area contributed by atoms with Crippen molar-refractivity contribution in [1.82, 2.24) is 15.1 Å². The summed E-state index contributed by atoms with van der Waals surface area (Å²) in [4.78, 5) is 0. The van der Waals surface area contributed by atoms with Crippen LogP contribution in [-0.2, 0) is 19.5 Å². The van der Waals surface area contributed by atoms with E-state index in [0.717, 1.165) is 26.1 Å². The zero-order valence-corrected chi connectivity index (χ0v) is 11.2. The fraction of sp³-hybridized carbons (Fsp3) is 0.400. The molecule has 0 spiro atoms. The molecule has 1 aromatic carbocycles. The van der Waals surface area contributed by atoms with Gasteiger partial charge >= 0.3 is 0 Å². The van der Waals surface area contributed by atoms with Gasteiger partial charge in [0, 0.05) is 24.8 Å². The van der Waals surface area contributed by atoms with Gasteiger partial charge in [0.25, 0.3) is 0 Å². The molecule has 96 valence electrons. The molecule has 3 heteroatoms. The molecule has 0 saturated carbocycles. The van der Waals surface area contributed by atoms with E-state index in [2.05, 4.69) is 54.7 Å². The molecule has 1 aromatic heterocycles. The van der Waals surface area contributed by atoms with E-state index in [1.54, 1.807) is 0 Å². The number of aromatic nitrogens is 2. The van der Waals surface area contributed by atoms with Crippen LogP contribution < -0.4 is 5.32 Å². The van der Waals surface area contributed by atoms with E-state index in [-0.39, 0.29) is 0 Å². The van der Waals surface area contributed by atoms with Crippen LogP contribution in [0.25, 0.3) is 0 Å². The van der Waals surface area contributed by atoms with Gasteiger partial charge in [-0.2, -0.15) is 5.10 Å². The molecule has 0 radical (unpaired) electrons. The van der Waals surface area contributed by atoms with Crippen LogP contribution in [0.5, 0.6) is 0 Å². The maximum atomic E-state index is 4.26. The van der Waals surface area contributed by atoms with Gasteiger partial charge in [-0.15, -0.1) is 0 Å². The molecule has 0 unspecified atom stereocenters. The van der Waals surface area contributed by atoms with Crippen LogP contribution in [0.15, 0.2) is 36.7 Å². The lowest BCUT2D eigenvalue weighted by Gasteiger charge is -2.04. The van der Waals surface area contributed by atoms with E-state index in [4.69, 9.17) is 0 Å². The van der Waals surface area contributed by atoms with Crippen LogP contribution in [0.3, 0.4) is 0 Å². The molecule has 0 aliphatic rings. The second-order valence-corrected chi connectivity index (χ2v) is 4.62. The molecular weight excluding hydrogens is 222 g/mol. The molecule has 2 aromatic rings.